The zero-order valence-corrected chi connectivity index (χ0v) is 22.5. The van der Waals surface area contributed by atoms with Crippen LogP contribution < -0.4 is 4.74 Å². The number of nitrogens with zero attached hydrogens (tertiary/aromatic N) is 3. The number of aromatic nitrogens is 3. The van der Waals surface area contributed by atoms with Crippen molar-refractivity contribution in [2.45, 2.75) is 39.0 Å². The predicted octanol–water partition coefficient (Wildman–Crippen LogP) is 5.35. The van der Waals surface area contributed by atoms with Crippen LogP contribution in [0.4, 0.5) is 0 Å². The fourth-order valence-corrected chi connectivity index (χ4v) is 4.12. The fraction of sp³-hybridized carbons (Fsp3) is 0.290. The van der Waals surface area contributed by atoms with Crippen LogP contribution in [-0.4, -0.2) is 45.1 Å². The molecule has 202 valence electrons. The highest BCUT2D eigenvalue weighted by molar-refractivity contribution is 5.91. The summed E-state index contributed by atoms with van der Waals surface area (Å²) in [4.78, 5) is 26.4. The van der Waals surface area contributed by atoms with Gasteiger partial charge in [0.15, 0.2) is 5.78 Å². The smallest absolute Gasteiger partial charge is 0.306 e. The quantitative estimate of drug-likeness (QED) is 0.207. The first kappa shape index (κ1) is 27.6. The molecule has 0 saturated heterocycles. The number of benzene rings is 3. The predicted molar refractivity (Wildman–Crippen MR) is 149 cm³/mol. The van der Waals surface area contributed by atoms with Crippen molar-refractivity contribution in [2.24, 2.45) is 5.92 Å². The fourth-order valence-electron chi connectivity index (χ4n) is 4.12. The Labute approximate surface area is 227 Å². The number of aromatic hydroxyl groups is 1. The lowest BCUT2D eigenvalue weighted by Crippen LogP contribution is -2.27. The molecule has 0 fully saturated rings. The Hall–Kier alpha value is -4.46. The molecule has 1 heterocycles. The zero-order valence-electron chi connectivity index (χ0n) is 22.5. The van der Waals surface area contributed by atoms with Gasteiger partial charge in [0.2, 0.25) is 0 Å². The highest BCUT2D eigenvalue weighted by Crippen LogP contribution is 2.36. The number of carbonyl (C=O) groups excluding carboxylic acids is 2. The number of esters is 1. The Balaban J connectivity index is 1.46. The molecule has 1 N–H and O–H groups in total. The number of hydrogen-bond acceptors (Lipinski definition) is 7. The van der Waals surface area contributed by atoms with Crippen LogP contribution in [0.1, 0.15) is 38.3 Å². The van der Waals surface area contributed by atoms with Gasteiger partial charge in [-0.1, -0.05) is 63.7 Å². The molecule has 0 radical (unpaired) electrons. The number of carbonyl (C=O) groups is 2. The molecule has 1 aromatic heterocycles. The number of phenols is 1. The van der Waals surface area contributed by atoms with Crippen molar-refractivity contribution < 1.29 is 24.2 Å². The Kier molecular flexibility index (Phi) is 8.44. The van der Waals surface area contributed by atoms with Crippen molar-refractivity contribution in [2.75, 3.05) is 13.2 Å². The average molecular weight is 528 g/mol. The summed E-state index contributed by atoms with van der Waals surface area (Å²) in [7, 11) is 0. The van der Waals surface area contributed by atoms with Crippen molar-refractivity contribution in [1.82, 2.24) is 15.0 Å². The lowest BCUT2D eigenvalue weighted by Gasteiger charge is -2.23. The monoisotopic (exact) mass is 527 g/mol. The number of ketones is 1. The van der Waals surface area contributed by atoms with Crippen molar-refractivity contribution in [3.63, 3.8) is 0 Å². The number of phenolic OH excluding ortho intramolecular Hbond substituents is 1. The molecule has 1 atom stereocenters. The van der Waals surface area contributed by atoms with Crippen molar-refractivity contribution in [1.29, 1.82) is 0 Å². The number of hydrogen-bond donors (Lipinski definition) is 1. The van der Waals surface area contributed by atoms with Crippen LogP contribution >= 0.6 is 0 Å². The first-order valence-corrected chi connectivity index (χ1v) is 12.8. The minimum Gasteiger partial charge on any atom is -0.505 e. The van der Waals surface area contributed by atoms with E-state index < -0.39 is 11.9 Å². The lowest BCUT2D eigenvalue weighted by atomic mass is 9.84. The van der Waals surface area contributed by atoms with E-state index in [0.717, 1.165) is 11.1 Å². The molecule has 0 saturated carbocycles. The summed E-state index contributed by atoms with van der Waals surface area (Å²) in [6.45, 7) is 9.53. The maximum absolute atomic E-state index is 12.6. The van der Waals surface area contributed by atoms with Gasteiger partial charge in [-0.3, -0.25) is 9.59 Å². The van der Waals surface area contributed by atoms with E-state index in [9.17, 15) is 14.7 Å². The standard InChI is InChI=1S/C31H33N3O5/c1-5-28(35)22(19-38-23-11-7-6-8-12-23)20-39-29(36)16-15-21-17-24(31(2,3)4)30(37)27(18-21)34-32-25-13-9-10-14-26(25)33-34/h5-14,17-18,22,37H,1,15-16,19-20H2,2-4H3. The number of aryl methyl sites for hydroxylation is 1. The van der Waals surface area contributed by atoms with Crippen LogP contribution in [0.5, 0.6) is 11.5 Å². The molecule has 39 heavy (non-hydrogen) atoms. The third-order valence-corrected chi connectivity index (χ3v) is 6.32. The van der Waals surface area contributed by atoms with Gasteiger partial charge in [0, 0.05) is 12.0 Å². The van der Waals surface area contributed by atoms with Gasteiger partial charge in [-0.2, -0.15) is 0 Å². The van der Waals surface area contributed by atoms with Gasteiger partial charge in [-0.15, -0.1) is 15.0 Å². The first-order chi connectivity index (χ1) is 18.7. The van der Waals surface area contributed by atoms with E-state index in [1.165, 1.54) is 10.9 Å². The number of fused-ring (bicyclic) bond motifs is 1. The molecule has 1 unspecified atom stereocenters. The summed E-state index contributed by atoms with van der Waals surface area (Å²) >= 11 is 0. The van der Waals surface area contributed by atoms with E-state index in [0.29, 0.717) is 28.9 Å². The third-order valence-electron chi connectivity index (χ3n) is 6.32. The maximum atomic E-state index is 12.6. The molecular weight excluding hydrogens is 494 g/mol. The van der Waals surface area contributed by atoms with Gasteiger partial charge in [0.05, 0.1) is 5.92 Å². The summed E-state index contributed by atoms with van der Waals surface area (Å²) in [5, 5.41) is 20.2. The lowest BCUT2D eigenvalue weighted by molar-refractivity contribution is -0.146. The van der Waals surface area contributed by atoms with Gasteiger partial charge in [-0.05, 0) is 53.8 Å². The van der Waals surface area contributed by atoms with Crippen LogP contribution in [-0.2, 0) is 26.2 Å². The van der Waals surface area contributed by atoms with E-state index in [4.69, 9.17) is 9.47 Å². The molecule has 8 heteroatoms. The van der Waals surface area contributed by atoms with Crippen molar-refractivity contribution in [3.8, 4) is 17.2 Å². The Morgan fingerprint density at radius 2 is 1.64 bits per heavy atom. The second-order valence-corrected chi connectivity index (χ2v) is 10.3. The zero-order chi connectivity index (χ0) is 28.0. The average Bonchev–Trinajstić information content (AvgIpc) is 3.36. The molecule has 4 aromatic rings. The van der Waals surface area contributed by atoms with Crippen molar-refractivity contribution >= 4 is 22.8 Å². The Morgan fingerprint density at radius 3 is 2.26 bits per heavy atom. The minimum atomic E-state index is -0.653. The normalized spacial score (nSPS) is 12.2. The summed E-state index contributed by atoms with van der Waals surface area (Å²) in [6, 6.07) is 20.3. The van der Waals surface area contributed by atoms with Gasteiger partial charge in [0.1, 0.15) is 41.4 Å². The molecule has 8 nitrogen and oxygen atoms in total. The largest absolute Gasteiger partial charge is 0.505 e. The van der Waals surface area contributed by atoms with E-state index in [1.54, 1.807) is 18.2 Å². The van der Waals surface area contributed by atoms with Crippen LogP contribution in [0.2, 0.25) is 0 Å². The van der Waals surface area contributed by atoms with E-state index >= 15 is 0 Å². The highest BCUT2D eigenvalue weighted by Gasteiger charge is 2.24. The third kappa shape index (κ3) is 6.90. The number of allylic oxidation sites excluding steroid dienone is 1. The van der Waals surface area contributed by atoms with E-state index in [2.05, 4.69) is 16.8 Å². The molecule has 0 amide bonds. The second kappa shape index (κ2) is 11.9. The van der Waals surface area contributed by atoms with E-state index in [1.807, 2.05) is 69.3 Å². The molecule has 0 aliphatic heterocycles. The van der Waals surface area contributed by atoms with Gasteiger partial charge in [-0.25, -0.2) is 0 Å². The molecule has 0 aliphatic carbocycles. The maximum Gasteiger partial charge on any atom is 0.306 e. The van der Waals surface area contributed by atoms with Gasteiger partial charge >= 0.3 is 5.97 Å². The van der Waals surface area contributed by atoms with Crippen molar-refractivity contribution in [3.05, 3.63) is 90.5 Å². The molecule has 0 bridgehead atoms. The van der Waals surface area contributed by atoms with Gasteiger partial charge in [0.25, 0.3) is 0 Å². The highest BCUT2D eigenvalue weighted by atomic mass is 16.5. The summed E-state index contributed by atoms with van der Waals surface area (Å²) in [6.07, 6.45) is 1.68. The Bertz CT molecular complexity index is 1440. The summed E-state index contributed by atoms with van der Waals surface area (Å²) in [5.74, 6) is -0.622. The number of rotatable bonds is 11. The molecule has 4 rings (SSSR count). The van der Waals surface area contributed by atoms with E-state index in [-0.39, 0.29) is 36.6 Å². The minimum absolute atomic E-state index is 0.0731. The van der Waals surface area contributed by atoms with Crippen LogP contribution in [0.3, 0.4) is 0 Å². The van der Waals surface area contributed by atoms with Crippen LogP contribution in [0, 0.1) is 5.92 Å². The Morgan fingerprint density at radius 1 is 1.00 bits per heavy atom. The first-order valence-electron chi connectivity index (χ1n) is 12.8. The number of para-hydroxylation sites is 1. The van der Waals surface area contributed by atoms with Crippen LogP contribution in [0.15, 0.2) is 79.4 Å². The second-order valence-electron chi connectivity index (χ2n) is 10.3. The molecular formula is C31H33N3O5. The summed E-state index contributed by atoms with van der Waals surface area (Å²) < 4.78 is 11.1. The SMILES string of the molecule is C=CC(=O)C(COC(=O)CCc1cc(-n2nc3ccccc3n2)c(O)c(C(C)(C)C)c1)COc1ccccc1. The molecule has 0 spiro atoms. The molecule has 3 aromatic carbocycles. The molecule has 0 aliphatic rings. The topological polar surface area (TPSA) is 104 Å². The van der Waals surface area contributed by atoms with Gasteiger partial charge < -0.3 is 14.6 Å². The van der Waals surface area contributed by atoms with Crippen LogP contribution in [0.25, 0.3) is 16.7 Å². The summed E-state index contributed by atoms with van der Waals surface area (Å²) in [5.41, 5.74) is 3.05. The number of ether oxygens (including phenoxy) is 2.